The van der Waals surface area contributed by atoms with Crippen molar-refractivity contribution in [3.8, 4) is 6.07 Å². The van der Waals surface area contributed by atoms with E-state index < -0.39 is 5.41 Å². The van der Waals surface area contributed by atoms with E-state index in [9.17, 15) is 4.79 Å². The Morgan fingerprint density at radius 2 is 2.06 bits per heavy atom. The zero-order chi connectivity index (χ0) is 11.6. The third-order valence-electron chi connectivity index (χ3n) is 2.97. The Balaban J connectivity index is 2.24. The Morgan fingerprint density at radius 3 is 2.44 bits per heavy atom. The largest absolute Gasteiger partial charge is 0.377 e. The van der Waals surface area contributed by atoms with Crippen LogP contribution in [-0.4, -0.2) is 19.0 Å². The second-order valence-electron chi connectivity index (χ2n) is 4.07. The van der Waals surface area contributed by atoms with Crippen molar-refractivity contribution in [3.63, 3.8) is 0 Å². The van der Waals surface area contributed by atoms with E-state index in [1.54, 1.807) is 12.1 Å². The van der Waals surface area contributed by atoms with Crippen molar-refractivity contribution in [1.29, 1.82) is 5.26 Å². The average molecular weight is 215 g/mol. The van der Waals surface area contributed by atoms with Crippen molar-refractivity contribution in [2.24, 2.45) is 5.41 Å². The fraction of sp³-hybridized carbons (Fsp3) is 0.385. The van der Waals surface area contributed by atoms with Gasteiger partial charge in [0, 0.05) is 5.56 Å². The maximum absolute atomic E-state index is 12.1. The summed E-state index contributed by atoms with van der Waals surface area (Å²) in [5.74, 6) is -0.121. The van der Waals surface area contributed by atoms with Gasteiger partial charge in [-0.1, -0.05) is 31.2 Å². The molecule has 0 unspecified atom stereocenters. The molecular formula is C13H13NO2. The van der Waals surface area contributed by atoms with Crippen LogP contribution in [0.3, 0.4) is 0 Å². The first-order chi connectivity index (χ1) is 7.72. The molecule has 1 aliphatic rings. The molecular weight excluding hydrogens is 202 g/mol. The first kappa shape index (κ1) is 10.8. The molecule has 0 radical (unpaired) electrons. The van der Waals surface area contributed by atoms with Crippen molar-refractivity contribution in [3.05, 3.63) is 35.4 Å². The highest BCUT2D eigenvalue weighted by Gasteiger charge is 2.46. The van der Waals surface area contributed by atoms with Crippen LogP contribution in [0.25, 0.3) is 0 Å². The average Bonchev–Trinajstić information content (AvgIpc) is 2.28. The second-order valence-corrected chi connectivity index (χ2v) is 4.07. The summed E-state index contributed by atoms with van der Waals surface area (Å²) in [5, 5.41) is 9.02. The Morgan fingerprint density at radius 1 is 1.44 bits per heavy atom. The number of Topliss-reactive ketones (excluding diaryl/α,β-unsaturated/α-hetero) is 1. The van der Waals surface area contributed by atoms with Crippen molar-refractivity contribution in [2.75, 3.05) is 13.2 Å². The summed E-state index contributed by atoms with van der Waals surface area (Å²) in [6, 6.07) is 9.50. The van der Waals surface area contributed by atoms with Gasteiger partial charge in [-0.05, 0) is 12.0 Å². The van der Waals surface area contributed by atoms with Gasteiger partial charge in [-0.2, -0.15) is 5.26 Å². The van der Waals surface area contributed by atoms with Gasteiger partial charge in [0.1, 0.15) is 0 Å². The number of ether oxygens (including phenoxy) is 1. The van der Waals surface area contributed by atoms with Gasteiger partial charge in [0.25, 0.3) is 0 Å². The number of aryl methyl sites for hydroxylation is 1. The molecule has 1 fully saturated rings. The van der Waals surface area contributed by atoms with Crippen LogP contribution in [0.15, 0.2) is 24.3 Å². The first-order valence-electron chi connectivity index (χ1n) is 5.34. The van der Waals surface area contributed by atoms with Crippen LogP contribution in [0.1, 0.15) is 22.8 Å². The molecule has 0 bridgehead atoms. The number of ketones is 1. The number of carbonyl (C=O) groups excluding carboxylic acids is 1. The first-order valence-corrected chi connectivity index (χ1v) is 5.34. The van der Waals surface area contributed by atoms with Crippen LogP contribution in [0, 0.1) is 16.7 Å². The van der Waals surface area contributed by atoms with Gasteiger partial charge in [0.05, 0.1) is 19.3 Å². The molecule has 0 spiro atoms. The van der Waals surface area contributed by atoms with Gasteiger partial charge in [-0.3, -0.25) is 4.79 Å². The maximum atomic E-state index is 12.1. The molecule has 0 N–H and O–H groups in total. The molecule has 3 heteroatoms. The highest BCUT2D eigenvalue weighted by atomic mass is 16.5. The van der Waals surface area contributed by atoms with Crippen molar-refractivity contribution in [1.82, 2.24) is 0 Å². The highest BCUT2D eigenvalue weighted by molar-refractivity contribution is 6.03. The van der Waals surface area contributed by atoms with E-state index in [0.29, 0.717) is 5.56 Å². The molecule has 0 aliphatic carbocycles. The van der Waals surface area contributed by atoms with Crippen LogP contribution < -0.4 is 0 Å². The lowest BCUT2D eigenvalue weighted by atomic mass is 9.80. The van der Waals surface area contributed by atoms with E-state index in [0.717, 1.165) is 6.42 Å². The van der Waals surface area contributed by atoms with Crippen LogP contribution in [0.5, 0.6) is 0 Å². The lowest BCUT2D eigenvalue weighted by Gasteiger charge is -2.33. The molecule has 1 aliphatic heterocycles. The molecule has 0 saturated carbocycles. The number of nitrogens with zero attached hydrogens (tertiary/aromatic N) is 1. The fourth-order valence-corrected chi connectivity index (χ4v) is 1.72. The summed E-state index contributed by atoms with van der Waals surface area (Å²) in [7, 11) is 0. The van der Waals surface area contributed by atoms with E-state index in [-0.39, 0.29) is 19.0 Å². The fourth-order valence-electron chi connectivity index (χ4n) is 1.72. The molecule has 3 nitrogen and oxygen atoms in total. The Bertz CT molecular complexity index is 438. The normalized spacial score (nSPS) is 17.2. The van der Waals surface area contributed by atoms with E-state index in [1.807, 2.05) is 12.1 Å². The number of benzene rings is 1. The summed E-state index contributed by atoms with van der Waals surface area (Å²) in [6.45, 7) is 2.50. The molecule has 16 heavy (non-hydrogen) atoms. The zero-order valence-electron chi connectivity index (χ0n) is 9.19. The third-order valence-corrected chi connectivity index (χ3v) is 2.97. The SMILES string of the molecule is CCc1ccc(C(=O)C2(C#N)COC2)cc1. The molecule has 2 rings (SSSR count). The Kier molecular flexibility index (Phi) is 2.76. The quantitative estimate of drug-likeness (QED) is 0.724. The van der Waals surface area contributed by atoms with Gasteiger partial charge in [0.15, 0.2) is 11.2 Å². The molecule has 1 aromatic rings. The summed E-state index contributed by atoms with van der Waals surface area (Å²) < 4.78 is 4.97. The highest BCUT2D eigenvalue weighted by Crippen LogP contribution is 2.30. The topological polar surface area (TPSA) is 50.1 Å². The van der Waals surface area contributed by atoms with Crippen LogP contribution in [-0.2, 0) is 11.2 Å². The van der Waals surface area contributed by atoms with E-state index in [1.165, 1.54) is 5.56 Å². The lowest BCUT2D eigenvalue weighted by molar-refractivity contribution is -0.0566. The standard InChI is InChI=1S/C13H13NO2/c1-2-10-3-5-11(6-4-10)12(15)13(7-14)8-16-9-13/h3-6H,2,8-9H2,1H3. The molecule has 0 atom stereocenters. The molecule has 1 saturated heterocycles. The van der Waals surface area contributed by atoms with Crippen molar-refractivity contribution >= 4 is 5.78 Å². The summed E-state index contributed by atoms with van der Waals surface area (Å²) in [5.41, 5.74) is 0.850. The van der Waals surface area contributed by atoms with Crippen LogP contribution >= 0.6 is 0 Å². The summed E-state index contributed by atoms with van der Waals surface area (Å²) in [6.07, 6.45) is 0.945. The maximum Gasteiger partial charge on any atom is 0.187 e. The van der Waals surface area contributed by atoms with Gasteiger partial charge < -0.3 is 4.74 Å². The predicted octanol–water partition coefficient (Wildman–Crippen LogP) is 1.97. The van der Waals surface area contributed by atoms with Gasteiger partial charge >= 0.3 is 0 Å². The smallest absolute Gasteiger partial charge is 0.187 e. The molecule has 82 valence electrons. The zero-order valence-corrected chi connectivity index (χ0v) is 9.19. The Hall–Kier alpha value is -1.66. The lowest BCUT2D eigenvalue weighted by Crippen LogP contribution is -2.47. The van der Waals surface area contributed by atoms with Gasteiger partial charge in [-0.15, -0.1) is 0 Å². The summed E-state index contributed by atoms with van der Waals surface area (Å²) >= 11 is 0. The molecule has 1 heterocycles. The number of nitriles is 1. The number of carbonyl (C=O) groups is 1. The molecule has 0 aromatic heterocycles. The minimum atomic E-state index is -0.937. The second kappa shape index (κ2) is 4.07. The molecule has 1 aromatic carbocycles. The number of hydrogen-bond donors (Lipinski definition) is 0. The van der Waals surface area contributed by atoms with Crippen molar-refractivity contribution < 1.29 is 9.53 Å². The predicted molar refractivity (Wildman–Crippen MR) is 59.0 cm³/mol. The Labute approximate surface area is 94.6 Å². The number of hydrogen-bond acceptors (Lipinski definition) is 3. The van der Waals surface area contributed by atoms with E-state index >= 15 is 0 Å². The minimum Gasteiger partial charge on any atom is -0.377 e. The van der Waals surface area contributed by atoms with Gasteiger partial charge in [0.2, 0.25) is 0 Å². The monoisotopic (exact) mass is 215 g/mol. The van der Waals surface area contributed by atoms with E-state index in [4.69, 9.17) is 10.00 Å². The minimum absolute atomic E-state index is 0.121. The summed E-state index contributed by atoms with van der Waals surface area (Å²) in [4.78, 5) is 12.1. The van der Waals surface area contributed by atoms with E-state index in [2.05, 4.69) is 13.0 Å². The van der Waals surface area contributed by atoms with Crippen LogP contribution in [0.2, 0.25) is 0 Å². The number of rotatable bonds is 3. The van der Waals surface area contributed by atoms with Crippen molar-refractivity contribution in [2.45, 2.75) is 13.3 Å². The third kappa shape index (κ3) is 1.62. The molecule has 0 amide bonds. The van der Waals surface area contributed by atoms with Crippen LogP contribution in [0.4, 0.5) is 0 Å². The van der Waals surface area contributed by atoms with Gasteiger partial charge in [-0.25, -0.2) is 0 Å².